The van der Waals surface area contributed by atoms with Gasteiger partial charge in [0.05, 0.1) is 11.4 Å². The van der Waals surface area contributed by atoms with E-state index in [1.807, 2.05) is 64.9 Å². The number of nitrogens with zero attached hydrogens (tertiary/aromatic N) is 2. The lowest BCUT2D eigenvalue weighted by Gasteiger charge is -2.32. The van der Waals surface area contributed by atoms with E-state index >= 15 is 0 Å². The molecule has 1 fully saturated rings. The highest BCUT2D eigenvalue weighted by Crippen LogP contribution is 2.32. The van der Waals surface area contributed by atoms with Crippen molar-refractivity contribution in [3.63, 3.8) is 0 Å². The number of amides is 1. The third kappa shape index (κ3) is 4.86. The summed E-state index contributed by atoms with van der Waals surface area (Å²) in [5.74, 6) is 0.436. The summed E-state index contributed by atoms with van der Waals surface area (Å²) >= 11 is 7.34. The molecule has 4 aromatic rings. The number of benzene rings is 2. The van der Waals surface area contributed by atoms with Crippen molar-refractivity contribution >= 4 is 45.0 Å². The van der Waals surface area contributed by atoms with E-state index in [4.69, 9.17) is 16.6 Å². The van der Waals surface area contributed by atoms with Gasteiger partial charge in [-0.15, -0.1) is 11.3 Å². The number of fused-ring (bicyclic) bond motifs is 1. The first-order valence-electron chi connectivity index (χ1n) is 11.4. The number of aromatic amines is 1. The molecule has 0 aliphatic carbocycles. The van der Waals surface area contributed by atoms with E-state index in [9.17, 15) is 9.59 Å². The Morgan fingerprint density at radius 3 is 2.76 bits per heavy atom. The molecule has 2 N–H and O–H groups in total. The van der Waals surface area contributed by atoms with Crippen LogP contribution in [0.4, 0.5) is 5.95 Å². The minimum atomic E-state index is -0.143. The van der Waals surface area contributed by atoms with Crippen molar-refractivity contribution in [2.75, 3.05) is 24.5 Å². The number of thiophene rings is 1. The van der Waals surface area contributed by atoms with Gasteiger partial charge in [-0.1, -0.05) is 54.1 Å². The Bertz CT molecular complexity index is 1350. The first kappa shape index (κ1) is 22.6. The van der Waals surface area contributed by atoms with E-state index < -0.39 is 0 Å². The highest BCUT2D eigenvalue weighted by molar-refractivity contribution is 7.17. The number of hydrogen-bond acceptors (Lipinski definition) is 5. The molecule has 1 atom stereocenters. The number of piperidine rings is 1. The second kappa shape index (κ2) is 9.99. The summed E-state index contributed by atoms with van der Waals surface area (Å²) in [5.41, 5.74) is 3.71. The molecule has 0 bridgehead atoms. The SMILES string of the molecule is O=C(NCCc1ccc(Cl)cc1)C1CCCN(c2nc3c(-c4ccccc4)csc3c(=O)[nH]2)C1. The zero-order valence-electron chi connectivity index (χ0n) is 18.6. The second-order valence-electron chi connectivity index (χ2n) is 8.54. The Morgan fingerprint density at radius 2 is 1.97 bits per heavy atom. The maximum atomic E-state index is 12.8. The molecule has 2 aromatic heterocycles. The van der Waals surface area contributed by atoms with Crippen LogP contribution < -0.4 is 15.8 Å². The predicted molar refractivity (Wildman–Crippen MR) is 139 cm³/mol. The van der Waals surface area contributed by atoms with Crippen molar-refractivity contribution in [1.82, 2.24) is 15.3 Å². The Balaban J connectivity index is 1.29. The maximum Gasteiger partial charge on any atom is 0.270 e. The number of nitrogens with one attached hydrogen (secondary N) is 2. The average Bonchev–Trinajstić information content (AvgIpc) is 3.30. The van der Waals surface area contributed by atoms with Crippen molar-refractivity contribution in [1.29, 1.82) is 0 Å². The molecular weight excluding hydrogens is 468 g/mol. The third-order valence-electron chi connectivity index (χ3n) is 6.22. The topological polar surface area (TPSA) is 78.1 Å². The van der Waals surface area contributed by atoms with E-state index in [1.165, 1.54) is 11.3 Å². The quantitative estimate of drug-likeness (QED) is 0.402. The zero-order valence-corrected chi connectivity index (χ0v) is 20.2. The summed E-state index contributed by atoms with van der Waals surface area (Å²) in [5, 5.41) is 5.76. The van der Waals surface area contributed by atoms with Crippen LogP contribution >= 0.6 is 22.9 Å². The smallest absolute Gasteiger partial charge is 0.270 e. The number of halogens is 1. The molecule has 8 heteroatoms. The number of H-pyrrole nitrogens is 1. The highest BCUT2D eigenvalue weighted by Gasteiger charge is 2.27. The van der Waals surface area contributed by atoms with Gasteiger partial charge in [-0.2, -0.15) is 0 Å². The van der Waals surface area contributed by atoms with Gasteiger partial charge in [0.1, 0.15) is 4.70 Å². The lowest BCUT2D eigenvalue weighted by molar-refractivity contribution is -0.125. The number of hydrogen-bond donors (Lipinski definition) is 2. The lowest BCUT2D eigenvalue weighted by Crippen LogP contribution is -2.44. The van der Waals surface area contributed by atoms with Crippen LogP contribution in [0.3, 0.4) is 0 Å². The monoisotopic (exact) mass is 492 g/mol. The maximum absolute atomic E-state index is 12.8. The molecule has 34 heavy (non-hydrogen) atoms. The first-order valence-corrected chi connectivity index (χ1v) is 12.7. The number of rotatable bonds is 6. The summed E-state index contributed by atoms with van der Waals surface area (Å²) in [6.07, 6.45) is 2.45. The molecule has 1 amide bonds. The Hall–Kier alpha value is -3.16. The van der Waals surface area contributed by atoms with Gasteiger partial charge in [0, 0.05) is 35.6 Å². The van der Waals surface area contributed by atoms with Crippen molar-refractivity contribution in [2.45, 2.75) is 19.3 Å². The van der Waals surface area contributed by atoms with Crippen LogP contribution in [-0.4, -0.2) is 35.5 Å². The molecule has 1 aliphatic rings. The van der Waals surface area contributed by atoms with Crippen molar-refractivity contribution < 1.29 is 4.79 Å². The fourth-order valence-corrected chi connectivity index (χ4v) is 5.43. The highest BCUT2D eigenvalue weighted by atomic mass is 35.5. The minimum Gasteiger partial charge on any atom is -0.355 e. The Kier molecular flexibility index (Phi) is 6.65. The first-order chi connectivity index (χ1) is 16.6. The number of carbonyl (C=O) groups is 1. The number of aromatic nitrogens is 2. The molecule has 5 rings (SSSR count). The molecular formula is C26H25ClN4O2S. The zero-order chi connectivity index (χ0) is 23.5. The molecule has 2 aromatic carbocycles. The summed E-state index contributed by atoms with van der Waals surface area (Å²) < 4.78 is 0.621. The van der Waals surface area contributed by atoms with Crippen LogP contribution in [0, 0.1) is 5.92 Å². The van der Waals surface area contributed by atoms with Crippen LogP contribution in [0.15, 0.2) is 64.8 Å². The molecule has 0 saturated carbocycles. The van der Waals surface area contributed by atoms with Crippen LogP contribution in [0.25, 0.3) is 21.3 Å². The van der Waals surface area contributed by atoms with Gasteiger partial charge in [-0.3, -0.25) is 14.6 Å². The van der Waals surface area contributed by atoms with Gasteiger partial charge in [0.2, 0.25) is 11.9 Å². The van der Waals surface area contributed by atoms with E-state index in [0.29, 0.717) is 34.3 Å². The predicted octanol–water partition coefficient (Wildman–Crippen LogP) is 4.88. The summed E-state index contributed by atoms with van der Waals surface area (Å²) in [6, 6.07) is 17.6. The molecule has 3 heterocycles. The Labute approximate surface area is 206 Å². The molecule has 6 nitrogen and oxygen atoms in total. The average molecular weight is 493 g/mol. The van der Waals surface area contributed by atoms with Crippen LogP contribution in [0.5, 0.6) is 0 Å². The van der Waals surface area contributed by atoms with Gasteiger partial charge in [-0.25, -0.2) is 4.98 Å². The second-order valence-corrected chi connectivity index (χ2v) is 9.85. The van der Waals surface area contributed by atoms with Gasteiger partial charge in [0.15, 0.2) is 0 Å². The van der Waals surface area contributed by atoms with Gasteiger partial charge in [-0.05, 0) is 42.5 Å². The number of anilines is 1. The minimum absolute atomic E-state index is 0.0441. The van der Waals surface area contributed by atoms with Crippen LogP contribution in [0.1, 0.15) is 18.4 Å². The van der Waals surface area contributed by atoms with Crippen LogP contribution in [0.2, 0.25) is 5.02 Å². The normalized spacial score (nSPS) is 16.0. The molecule has 1 aliphatic heterocycles. The van der Waals surface area contributed by atoms with E-state index in [1.54, 1.807) is 0 Å². The third-order valence-corrected chi connectivity index (χ3v) is 7.44. The fourth-order valence-electron chi connectivity index (χ4n) is 4.40. The fraction of sp³-hybridized carbons (Fsp3) is 0.269. The van der Waals surface area contributed by atoms with E-state index in [-0.39, 0.29) is 17.4 Å². The standard InChI is InChI=1S/C26H25ClN4O2S/c27-20-10-8-17(9-11-20)12-13-28-24(32)19-7-4-14-31(15-19)26-29-22-21(18-5-2-1-3-6-18)16-34-23(22)25(33)30-26/h1-3,5-6,8-11,16,19H,4,7,12-15H2,(H,28,32)(H,29,30,33). The lowest BCUT2D eigenvalue weighted by atomic mass is 9.97. The molecule has 174 valence electrons. The molecule has 0 spiro atoms. The molecule has 0 radical (unpaired) electrons. The largest absolute Gasteiger partial charge is 0.355 e. The van der Waals surface area contributed by atoms with E-state index in [0.717, 1.165) is 42.5 Å². The summed E-state index contributed by atoms with van der Waals surface area (Å²) in [6.45, 7) is 1.87. The van der Waals surface area contributed by atoms with Gasteiger partial charge < -0.3 is 10.2 Å². The van der Waals surface area contributed by atoms with Gasteiger partial charge >= 0.3 is 0 Å². The van der Waals surface area contributed by atoms with Crippen molar-refractivity contribution in [3.8, 4) is 11.1 Å². The molecule has 1 unspecified atom stereocenters. The summed E-state index contributed by atoms with van der Waals surface area (Å²) in [4.78, 5) is 35.5. The van der Waals surface area contributed by atoms with Crippen LogP contribution in [-0.2, 0) is 11.2 Å². The van der Waals surface area contributed by atoms with Gasteiger partial charge in [0.25, 0.3) is 5.56 Å². The van der Waals surface area contributed by atoms with E-state index in [2.05, 4.69) is 10.3 Å². The summed E-state index contributed by atoms with van der Waals surface area (Å²) in [7, 11) is 0. The molecule has 1 saturated heterocycles. The number of carbonyl (C=O) groups excluding carboxylic acids is 1. The van der Waals surface area contributed by atoms with Crippen molar-refractivity contribution in [2.24, 2.45) is 5.92 Å². The van der Waals surface area contributed by atoms with Crippen molar-refractivity contribution in [3.05, 3.63) is 80.9 Å². The Morgan fingerprint density at radius 1 is 1.18 bits per heavy atom.